The molecule has 0 atom stereocenters. The Labute approximate surface area is 106 Å². The van der Waals surface area contributed by atoms with Crippen LogP contribution < -0.4 is 0 Å². The topological polar surface area (TPSA) is 50.9 Å². The molecule has 0 unspecified atom stereocenters. The molecule has 0 aliphatic rings. The summed E-state index contributed by atoms with van der Waals surface area (Å²) in [5.41, 5.74) is 0.856. The maximum Gasteiger partial charge on any atom is 0.172 e. The minimum atomic E-state index is 0.0581. The van der Waals surface area contributed by atoms with Crippen molar-refractivity contribution in [2.24, 2.45) is 0 Å². The van der Waals surface area contributed by atoms with E-state index in [1.807, 2.05) is 6.07 Å². The van der Waals surface area contributed by atoms with E-state index >= 15 is 0 Å². The van der Waals surface area contributed by atoms with Crippen molar-refractivity contribution in [2.75, 3.05) is 6.61 Å². The second kappa shape index (κ2) is 4.95. The fourth-order valence-electron chi connectivity index (χ4n) is 1.40. The molecule has 0 aliphatic carbocycles. The van der Waals surface area contributed by atoms with Crippen LogP contribution >= 0.6 is 27.5 Å². The summed E-state index contributed by atoms with van der Waals surface area (Å²) in [5, 5.41) is 13.7. The number of aromatic nitrogens is 3. The number of pyridine rings is 1. The van der Waals surface area contributed by atoms with Crippen LogP contribution in [0.1, 0.15) is 5.69 Å². The van der Waals surface area contributed by atoms with Crippen molar-refractivity contribution in [3.8, 4) is 5.82 Å². The molecule has 84 valence electrons. The first-order valence-corrected chi connectivity index (χ1v) is 5.85. The van der Waals surface area contributed by atoms with E-state index in [4.69, 9.17) is 16.7 Å². The molecule has 2 aromatic rings. The number of hydrogen-bond donors (Lipinski definition) is 1. The Morgan fingerprint density at radius 3 is 3.00 bits per heavy atom. The first-order chi connectivity index (χ1) is 7.72. The van der Waals surface area contributed by atoms with Gasteiger partial charge in [0.2, 0.25) is 0 Å². The van der Waals surface area contributed by atoms with Crippen molar-refractivity contribution in [3.05, 3.63) is 39.7 Å². The Balaban J connectivity index is 2.51. The quantitative estimate of drug-likeness (QED) is 0.946. The van der Waals surface area contributed by atoms with Crippen molar-refractivity contribution in [1.29, 1.82) is 0 Å². The molecule has 0 aliphatic heterocycles. The Morgan fingerprint density at radius 1 is 1.50 bits per heavy atom. The SMILES string of the molecule is OCCc1cc(Br)nn1-c1ncccc1Cl. The van der Waals surface area contributed by atoms with Gasteiger partial charge >= 0.3 is 0 Å². The van der Waals surface area contributed by atoms with Gasteiger partial charge in [0, 0.05) is 24.9 Å². The molecule has 0 fully saturated rings. The molecule has 2 heterocycles. The van der Waals surface area contributed by atoms with Gasteiger partial charge in [-0.15, -0.1) is 0 Å². The lowest BCUT2D eigenvalue weighted by molar-refractivity contribution is 0.297. The molecule has 0 aromatic carbocycles. The van der Waals surface area contributed by atoms with E-state index in [0.29, 0.717) is 21.9 Å². The van der Waals surface area contributed by atoms with Gasteiger partial charge in [-0.2, -0.15) is 5.10 Å². The summed E-state index contributed by atoms with van der Waals surface area (Å²) in [7, 11) is 0. The molecule has 16 heavy (non-hydrogen) atoms. The fourth-order valence-corrected chi connectivity index (χ4v) is 2.02. The second-order valence-corrected chi connectivity index (χ2v) is 4.37. The van der Waals surface area contributed by atoms with Crippen molar-refractivity contribution in [1.82, 2.24) is 14.8 Å². The fraction of sp³-hybridized carbons (Fsp3) is 0.200. The predicted molar refractivity (Wildman–Crippen MR) is 64.9 cm³/mol. The zero-order chi connectivity index (χ0) is 11.5. The van der Waals surface area contributed by atoms with Gasteiger partial charge in [-0.1, -0.05) is 11.6 Å². The van der Waals surface area contributed by atoms with Crippen LogP contribution in [0.2, 0.25) is 5.02 Å². The third-order valence-corrected chi connectivity index (χ3v) is 2.74. The molecule has 6 heteroatoms. The largest absolute Gasteiger partial charge is 0.396 e. The average molecular weight is 303 g/mol. The first kappa shape index (κ1) is 11.6. The van der Waals surface area contributed by atoms with Gasteiger partial charge in [-0.05, 0) is 34.1 Å². The number of halogens is 2. The first-order valence-electron chi connectivity index (χ1n) is 4.68. The maximum absolute atomic E-state index is 8.96. The van der Waals surface area contributed by atoms with E-state index < -0.39 is 0 Å². The minimum Gasteiger partial charge on any atom is -0.396 e. The highest BCUT2D eigenvalue weighted by Gasteiger charge is 2.11. The number of aliphatic hydroxyl groups excluding tert-OH is 1. The molecular weight excluding hydrogens is 293 g/mol. The molecule has 0 radical (unpaired) electrons. The van der Waals surface area contributed by atoms with Gasteiger partial charge < -0.3 is 5.11 Å². The van der Waals surface area contributed by atoms with Crippen molar-refractivity contribution < 1.29 is 5.11 Å². The zero-order valence-electron chi connectivity index (χ0n) is 8.27. The molecule has 0 saturated heterocycles. The van der Waals surface area contributed by atoms with Crippen LogP contribution in [0.15, 0.2) is 29.0 Å². The van der Waals surface area contributed by atoms with E-state index in [1.54, 1.807) is 23.0 Å². The van der Waals surface area contributed by atoms with E-state index in [0.717, 1.165) is 5.69 Å². The highest BCUT2D eigenvalue weighted by molar-refractivity contribution is 9.10. The van der Waals surface area contributed by atoms with Crippen LogP contribution in [0.3, 0.4) is 0 Å². The molecular formula is C10H9BrClN3O. The molecule has 0 bridgehead atoms. The summed E-state index contributed by atoms with van der Waals surface area (Å²) in [5.74, 6) is 0.568. The van der Waals surface area contributed by atoms with Crippen molar-refractivity contribution >= 4 is 27.5 Å². The van der Waals surface area contributed by atoms with E-state index in [1.165, 1.54) is 0 Å². The Bertz CT molecular complexity index is 501. The van der Waals surface area contributed by atoms with Gasteiger partial charge in [0.1, 0.15) is 4.60 Å². The van der Waals surface area contributed by atoms with E-state index in [-0.39, 0.29) is 6.61 Å². The standard InChI is InChI=1S/C10H9BrClN3O/c11-9-6-7(3-5-16)15(14-9)10-8(12)2-1-4-13-10/h1-2,4,6,16H,3,5H2. The molecule has 2 aromatic heterocycles. The number of nitrogens with zero attached hydrogens (tertiary/aromatic N) is 3. The molecule has 2 rings (SSSR count). The van der Waals surface area contributed by atoms with Crippen LogP contribution in [0.5, 0.6) is 0 Å². The molecule has 1 N–H and O–H groups in total. The Kier molecular flexibility index (Phi) is 3.58. The predicted octanol–water partition coefficient (Wildman–Crippen LogP) is 2.22. The number of hydrogen-bond acceptors (Lipinski definition) is 3. The smallest absolute Gasteiger partial charge is 0.172 e. The van der Waals surface area contributed by atoms with Crippen LogP contribution in [-0.2, 0) is 6.42 Å². The van der Waals surface area contributed by atoms with Gasteiger partial charge in [0.15, 0.2) is 5.82 Å². The lowest BCUT2D eigenvalue weighted by Gasteiger charge is -2.06. The van der Waals surface area contributed by atoms with Crippen LogP contribution in [0.25, 0.3) is 5.82 Å². The third kappa shape index (κ3) is 2.26. The van der Waals surface area contributed by atoms with E-state index in [9.17, 15) is 0 Å². The van der Waals surface area contributed by atoms with Gasteiger partial charge in [-0.25, -0.2) is 9.67 Å². The number of aliphatic hydroxyl groups is 1. The Hall–Kier alpha value is -0.910. The maximum atomic E-state index is 8.96. The highest BCUT2D eigenvalue weighted by Crippen LogP contribution is 2.21. The lowest BCUT2D eigenvalue weighted by atomic mass is 10.3. The second-order valence-electron chi connectivity index (χ2n) is 3.15. The molecule has 4 nitrogen and oxygen atoms in total. The van der Waals surface area contributed by atoms with Crippen LogP contribution in [0.4, 0.5) is 0 Å². The monoisotopic (exact) mass is 301 g/mol. The summed E-state index contributed by atoms with van der Waals surface area (Å²) < 4.78 is 2.32. The van der Waals surface area contributed by atoms with Gasteiger partial charge in [-0.3, -0.25) is 0 Å². The summed E-state index contributed by atoms with van der Waals surface area (Å²) in [6.07, 6.45) is 2.16. The van der Waals surface area contributed by atoms with Crippen LogP contribution in [-0.4, -0.2) is 26.5 Å². The molecule has 0 amide bonds. The van der Waals surface area contributed by atoms with Crippen LogP contribution in [0, 0.1) is 0 Å². The Morgan fingerprint density at radius 2 is 2.31 bits per heavy atom. The summed E-state index contributed by atoms with van der Waals surface area (Å²) in [6.45, 7) is 0.0581. The lowest BCUT2D eigenvalue weighted by Crippen LogP contribution is -2.06. The average Bonchev–Trinajstić information content (AvgIpc) is 2.61. The summed E-state index contributed by atoms with van der Waals surface area (Å²) in [6, 6.07) is 5.35. The summed E-state index contributed by atoms with van der Waals surface area (Å²) in [4.78, 5) is 4.17. The molecule has 0 spiro atoms. The van der Waals surface area contributed by atoms with Gasteiger partial charge in [0.05, 0.1) is 5.02 Å². The van der Waals surface area contributed by atoms with Crippen molar-refractivity contribution in [3.63, 3.8) is 0 Å². The zero-order valence-corrected chi connectivity index (χ0v) is 10.6. The molecule has 0 saturated carbocycles. The normalized spacial score (nSPS) is 10.7. The van der Waals surface area contributed by atoms with E-state index in [2.05, 4.69) is 26.0 Å². The minimum absolute atomic E-state index is 0.0581. The third-order valence-electron chi connectivity index (χ3n) is 2.06. The van der Waals surface area contributed by atoms with Crippen molar-refractivity contribution in [2.45, 2.75) is 6.42 Å². The highest BCUT2D eigenvalue weighted by atomic mass is 79.9. The summed E-state index contributed by atoms with van der Waals surface area (Å²) >= 11 is 9.33. The van der Waals surface area contributed by atoms with Gasteiger partial charge in [0.25, 0.3) is 0 Å². The number of rotatable bonds is 3.